The van der Waals surface area contributed by atoms with Crippen LogP contribution in [0.25, 0.3) is 0 Å². The molecule has 0 aliphatic rings. The molecular formula is C21H25FN2O5S. The Kier molecular flexibility index (Phi) is 8.49. The van der Waals surface area contributed by atoms with Gasteiger partial charge in [-0.25, -0.2) is 12.8 Å². The molecule has 0 aromatic heterocycles. The molecule has 0 saturated carbocycles. The highest BCUT2D eigenvalue weighted by atomic mass is 32.2. The van der Waals surface area contributed by atoms with Crippen LogP contribution in [0, 0.1) is 5.82 Å². The Morgan fingerprint density at radius 1 is 1.07 bits per heavy atom. The molecule has 7 nitrogen and oxygen atoms in total. The zero-order valence-corrected chi connectivity index (χ0v) is 17.7. The minimum atomic E-state index is -4.06. The Bertz CT molecular complexity index is 949. The third-order valence-electron chi connectivity index (χ3n) is 4.28. The summed E-state index contributed by atoms with van der Waals surface area (Å²) in [7, 11) is -4.06. The summed E-state index contributed by atoms with van der Waals surface area (Å²) in [4.78, 5) is 26.2. The number of hydrogen-bond donors (Lipinski definition) is 1. The van der Waals surface area contributed by atoms with E-state index in [1.54, 1.807) is 38.1 Å². The summed E-state index contributed by atoms with van der Waals surface area (Å²) in [6.45, 7) is 3.29. The molecule has 1 N–H and O–H groups in total. The van der Waals surface area contributed by atoms with Crippen LogP contribution in [0.3, 0.4) is 0 Å². The topological polar surface area (TPSA) is 92.8 Å². The summed E-state index contributed by atoms with van der Waals surface area (Å²) in [6.07, 6.45) is 0.160. The van der Waals surface area contributed by atoms with E-state index < -0.39 is 33.8 Å². The van der Waals surface area contributed by atoms with E-state index in [0.717, 1.165) is 29.8 Å². The Morgan fingerprint density at radius 2 is 1.70 bits per heavy atom. The number of amides is 1. The molecular weight excluding hydrogens is 411 g/mol. The third kappa shape index (κ3) is 6.64. The number of rotatable bonds is 10. The second-order valence-electron chi connectivity index (χ2n) is 6.52. The monoisotopic (exact) mass is 436 g/mol. The number of carbonyl (C=O) groups is 2. The normalized spacial score (nSPS) is 12.2. The van der Waals surface area contributed by atoms with Crippen molar-refractivity contribution >= 4 is 21.9 Å². The summed E-state index contributed by atoms with van der Waals surface area (Å²) in [5.41, 5.74) is 0.784. The van der Waals surface area contributed by atoms with E-state index in [9.17, 15) is 22.4 Å². The van der Waals surface area contributed by atoms with Crippen molar-refractivity contribution in [2.75, 3.05) is 13.2 Å². The molecule has 2 aromatic carbocycles. The van der Waals surface area contributed by atoms with E-state index in [-0.39, 0.29) is 31.0 Å². The van der Waals surface area contributed by atoms with Gasteiger partial charge in [0.05, 0.1) is 11.5 Å². The van der Waals surface area contributed by atoms with Gasteiger partial charge >= 0.3 is 5.97 Å². The minimum absolute atomic E-state index is 0.118. The van der Waals surface area contributed by atoms with Crippen LogP contribution in [0.1, 0.15) is 25.8 Å². The van der Waals surface area contributed by atoms with Crippen molar-refractivity contribution < 1.29 is 27.1 Å². The summed E-state index contributed by atoms with van der Waals surface area (Å²) in [5.74, 6) is -1.71. The lowest BCUT2D eigenvalue weighted by atomic mass is 10.1. The number of benzene rings is 2. The molecule has 0 aliphatic heterocycles. The van der Waals surface area contributed by atoms with Crippen LogP contribution in [0.2, 0.25) is 0 Å². The molecule has 0 heterocycles. The van der Waals surface area contributed by atoms with Crippen molar-refractivity contribution in [3.05, 3.63) is 66.0 Å². The molecule has 0 fully saturated rings. The van der Waals surface area contributed by atoms with Crippen molar-refractivity contribution in [1.29, 1.82) is 0 Å². The summed E-state index contributed by atoms with van der Waals surface area (Å²) < 4.78 is 45.7. The first-order valence-corrected chi connectivity index (χ1v) is 11.0. The maximum absolute atomic E-state index is 13.1. The van der Waals surface area contributed by atoms with Crippen LogP contribution in [0.15, 0.2) is 59.5 Å². The zero-order chi connectivity index (χ0) is 22.1. The van der Waals surface area contributed by atoms with Crippen molar-refractivity contribution in [2.45, 2.75) is 37.8 Å². The molecule has 0 spiro atoms. The van der Waals surface area contributed by atoms with E-state index >= 15 is 0 Å². The van der Waals surface area contributed by atoms with Gasteiger partial charge in [-0.15, -0.1) is 0 Å². The highest BCUT2D eigenvalue weighted by Crippen LogP contribution is 2.13. The van der Waals surface area contributed by atoms with E-state index in [2.05, 4.69) is 4.72 Å². The number of carbonyl (C=O) groups excluding carboxylic acids is 2. The van der Waals surface area contributed by atoms with Crippen LogP contribution in [0.5, 0.6) is 0 Å². The Labute approximate surface area is 175 Å². The maximum Gasteiger partial charge on any atom is 0.325 e. The molecule has 1 unspecified atom stereocenters. The van der Waals surface area contributed by atoms with Crippen molar-refractivity contribution in [3.63, 3.8) is 0 Å². The number of nitrogens with one attached hydrogen (secondary N) is 1. The average Bonchev–Trinajstić information content (AvgIpc) is 2.72. The number of hydrogen-bond acceptors (Lipinski definition) is 5. The first-order chi connectivity index (χ1) is 14.3. The Morgan fingerprint density at radius 3 is 2.27 bits per heavy atom. The van der Waals surface area contributed by atoms with E-state index in [4.69, 9.17) is 4.74 Å². The highest BCUT2D eigenvalue weighted by molar-refractivity contribution is 7.89. The predicted octanol–water partition coefficient (Wildman–Crippen LogP) is 2.47. The molecule has 9 heteroatoms. The van der Waals surface area contributed by atoms with Crippen LogP contribution < -0.4 is 4.72 Å². The fraction of sp³-hybridized carbons (Fsp3) is 0.333. The smallest absolute Gasteiger partial charge is 0.325 e. The van der Waals surface area contributed by atoms with Gasteiger partial charge < -0.3 is 9.64 Å². The first kappa shape index (κ1) is 23.5. The van der Waals surface area contributed by atoms with E-state index in [1.165, 1.54) is 4.90 Å². The predicted molar refractivity (Wildman–Crippen MR) is 109 cm³/mol. The Balaban J connectivity index is 2.23. The second-order valence-corrected chi connectivity index (χ2v) is 8.23. The van der Waals surface area contributed by atoms with Gasteiger partial charge in [-0.1, -0.05) is 37.3 Å². The molecule has 30 heavy (non-hydrogen) atoms. The highest BCUT2D eigenvalue weighted by Gasteiger charge is 2.29. The van der Waals surface area contributed by atoms with Gasteiger partial charge in [0.1, 0.15) is 18.4 Å². The zero-order valence-electron chi connectivity index (χ0n) is 16.9. The average molecular weight is 437 g/mol. The Hall–Kier alpha value is -2.78. The fourth-order valence-electron chi connectivity index (χ4n) is 2.78. The standard InChI is InChI=1S/C21H25FN2O5S/c1-3-19(23-30(27,28)18-12-10-17(22)11-13-18)21(26)24(15-20(25)29-4-2)14-16-8-6-5-7-9-16/h5-13,19,23H,3-4,14-15H2,1-2H3. The lowest BCUT2D eigenvalue weighted by Crippen LogP contribution is -2.49. The summed E-state index contributed by atoms with van der Waals surface area (Å²) >= 11 is 0. The lowest BCUT2D eigenvalue weighted by Gasteiger charge is -2.26. The van der Waals surface area contributed by atoms with Gasteiger partial charge in [-0.3, -0.25) is 9.59 Å². The van der Waals surface area contributed by atoms with Crippen LogP contribution in [0.4, 0.5) is 4.39 Å². The third-order valence-corrected chi connectivity index (χ3v) is 5.77. The molecule has 1 amide bonds. The van der Waals surface area contributed by atoms with Gasteiger partial charge in [0.15, 0.2) is 0 Å². The van der Waals surface area contributed by atoms with Gasteiger partial charge in [0, 0.05) is 6.54 Å². The first-order valence-electron chi connectivity index (χ1n) is 9.53. The summed E-state index contributed by atoms with van der Waals surface area (Å²) in [6, 6.07) is 12.2. The number of esters is 1. The molecule has 2 rings (SSSR count). The van der Waals surface area contributed by atoms with Crippen LogP contribution >= 0.6 is 0 Å². The molecule has 2 aromatic rings. The van der Waals surface area contributed by atoms with Gasteiger partial charge in [0.25, 0.3) is 0 Å². The SMILES string of the molecule is CCOC(=O)CN(Cc1ccccc1)C(=O)C(CC)NS(=O)(=O)c1ccc(F)cc1. The van der Waals surface area contributed by atoms with E-state index in [0.29, 0.717) is 0 Å². The fourth-order valence-corrected chi connectivity index (χ4v) is 4.05. The quantitative estimate of drug-likeness (QED) is 0.578. The molecule has 0 radical (unpaired) electrons. The van der Waals surface area contributed by atoms with Crippen molar-refractivity contribution in [1.82, 2.24) is 9.62 Å². The number of sulfonamides is 1. The number of ether oxygens (including phenoxy) is 1. The number of halogens is 1. The van der Waals surface area contributed by atoms with Gasteiger partial charge in [-0.05, 0) is 43.2 Å². The molecule has 1 atom stereocenters. The van der Waals surface area contributed by atoms with Gasteiger partial charge in [-0.2, -0.15) is 4.72 Å². The van der Waals surface area contributed by atoms with Crippen molar-refractivity contribution in [3.8, 4) is 0 Å². The second kappa shape index (κ2) is 10.8. The molecule has 0 aliphatic carbocycles. The largest absolute Gasteiger partial charge is 0.465 e. The molecule has 162 valence electrons. The van der Waals surface area contributed by atoms with Crippen LogP contribution in [-0.4, -0.2) is 44.4 Å². The van der Waals surface area contributed by atoms with Crippen LogP contribution in [-0.2, 0) is 30.9 Å². The van der Waals surface area contributed by atoms with Crippen molar-refractivity contribution in [2.24, 2.45) is 0 Å². The number of nitrogens with zero attached hydrogens (tertiary/aromatic N) is 1. The van der Waals surface area contributed by atoms with Gasteiger partial charge in [0.2, 0.25) is 15.9 Å². The van der Waals surface area contributed by atoms with E-state index in [1.807, 2.05) is 6.07 Å². The lowest BCUT2D eigenvalue weighted by molar-refractivity contribution is -0.149. The molecule has 0 bridgehead atoms. The molecule has 0 saturated heterocycles. The summed E-state index contributed by atoms with van der Waals surface area (Å²) in [5, 5.41) is 0. The minimum Gasteiger partial charge on any atom is -0.465 e. The maximum atomic E-state index is 13.1.